The smallest absolute Gasteiger partial charge is 0.339 e. The van der Waals surface area contributed by atoms with Gasteiger partial charge in [0.2, 0.25) is 5.91 Å². The predicted molar refractivity (Wildman–Crippen MR) is 137 cm³/mol. The lowest BCUT2D eigenvalue weighted by Crippen LogP contribution is -2.30. The molecule has 2 heterocycles. The molecule has 2 aliphatic rings. The molecule has 0 bridgehead atoms. The van der Waals surface area contributed by atoms with Gasteiger partial charge in [-0.05, 0) is 28.3 Å². The summed E-state index contributed by atoms with van der Waals surface area (Å²) in [5.41, 5.74) is 6.02. The van der Waals surface area contributed by atoms with Crippen LogP contribution in [0.15, 0.2) is 90.2 Å². The van der Waals surface area contributed by atoms with Crippen molar-refractivity contribution in [1.82, 2.24) is 10.3 Å². The minimum absolute atomic E-state index is 0.0198. The highest BCUT2D eigenvalue weighted by molar-refractivity contribution is 5.96. The van der Waals surface area contributed by atoms with Gasteiger partial charge in [0.05, 0.1) is 11.5 Å². The Morgan fingerprint density at radius 2 is 1.67 bits per heavy atom. The summed E-state index contributed by atoms with van der Waals surface area (Å²) in [6, 6.07) is 25.6. The average Bonchev–Trinajstić information content (AvgIpc) is 3.39. The molecule has 0 fully saturated rings. The van der Waals surface area contributed by atoms with Gasteiger partial charge in [0, 0.05) is 42.4 Å². The molecule has 3 N–H and O–H groups in total. The highest BCUT2D eigenvalue weighted by Gasteiger charge is 2.45. The molecule has 3 unspecified atom stereocenters. The summed E-state index contributed by atoms with van der Waals surface area (Å²) >= 11 is 0. The van der Waals surface area contributed by atoms with Gasteiger partial charge in [0.1, 0.15) is 5.76 Å². The van der Waals surface area contributed by atoms with Crippen LogP contribution in [0.2, 0.25) is 0 Å². The highest BCUT2D eigenvalue weighted by Crippen LogP contribution is 2.50. The summed E-state index contributed by atoms with van der Waals surface area (Å²) < 4.78 is 5.72. The number of aromatic nitrogens is 1. The molecule has 180 valence electrons. The molecule has 0 saturated carbocycles. The van der Waals surface area contributed by atoms with Gasteiger partial charge >= 0.3 is 5.97 Å². The lowest BCUT2D eigenvalue weighted by atomic mass is 9.72. The molecule has 1 aliphatic carbocycles. The minimum Gasteiger partial charge on any atom is -0.508 e. The van der Waals surface area contributed by atoms with Crippen molar-refractivity contribution >= 4 is 22.8 Å². The molecule has 36 heavy (non-hydrogen) atoms. The third-order valence-corrected chi connectivity index (χ3v) is 7.25. The first-order chi connectivity index (χ1) is 17.5. The van der Waals surface area contributed by atoms with Gasteiger partial charge in [-0.2, -0.15) is 0 Å². The Labute approximate surface area is 208 Å². The molecule has 3 atom stereocenters. The molecule has 6 rings (SSSR count). The molecule has 0 spiro atoms. The zero-order chi connectivity index (χ0) is 24.8. The number of nitrogens with one attached hydrogen (secondary N) is 2. The molecule has 1 aromatic heterocycles. The van der Waals surface area contributed by atoms with Gasteiger partial charge in [-0.1, -0.05) is 72.8 Å². The fraction of sp³-hybridized carbons (Fsp3) is 0.200. The fourth-order valence-electron chi connectivity index (χ4n) is 5.71. The van der Waals surface area contributed by atoms with E-state index in [1.807, 2.05) is 72.8 Å². The fourth-order valence-corrected chi connectivity index (χ4v) is 5.71. The first kappa shape index (κ1) is 22.2. The molecule has 1 aliphatic heterocycles. The number of fused-ring (bicyclic) bond motifs is 4. The van der Waals surface area contributed by atoms with Crippen LogP contribution in [0.25, 0.3) is 10.9 Å². The van der Waals surface area contributed by atoms with Crippen LogP contribution in [0, 0.1) is 0 Å². The van der Waals surface area contributed by atoms with Crippen molar-refractivity contribution in [2.45, 2.75) is 31.3 Å². The van der Waals surface area contributed by atoms with Gasteiger partial charge in [0.25, 0.3) is 0 Å². The number of rotatable bonds is 5. The van der Waals surface area contributed by atoms with Gasteiger partial charge in [-0.25, -0.2) is 4.79 Å². The van der Waals surface area contributed by atoms with E-state index in [2.05, 4.69) is 16.4 Å². The largest absolute Gasteiger partial charge is 0.508 e. The van der Waals surface area contributed by atoms with Crippen molar-refractivity contribution in [2.24, 2.45) is 0 Å². The maximum absolute atomic E-state index is 13.3. The first-order valence-corrected chi connectivity index (χ1v) is 12.1. The van der Waals surface area contributed by atoms with E-state index in [9.17, 15) is 14.7 Å². The second-order valence-corrected chi connectivity index (χ2v) is 9.43. The van der Waals surface area contributed by atoms with Crippen molar-refractivity contribution in [1.29, 1.82) is 0 Å². The van der Waals surface area contributed by atoms with E-state index in [4.69, 9.17) is 4.74 Å². The number of cyclic esters (lactones) is 1. The van der Waals surface area contributed by atoms with Crippen molar-refractivity contribution in [2.75, 3.05) is 6.54 Å². The van der Waals surface area contributed by atoms with Crippen LogP contribution in [0.3, 0.4) is 0 Å². The number of hydrogen-bond acceptors (Lipinski definition) is 4. The molecular weight excluding hydrogens is 452 g/mol. The predicted octanol–water partition coefficient (Wildman–Crippen LogP) is 4.86. The summed E-state index contributed by atoms with van der Waals surface area (Å²) in [4.78, 5) is 28.7. The van der Waals surface area contributed by atoms with Crippen molar-refractivity contribution in [3.63, 3.8) is 0 Å². The summed E-state index contributed by atoms with van der Waals surface area (Å²) in [7, 11) is 0. The molecule has 0 saturated heterocycles. The van der Waals surface area contributed by atoms with Crippen LogP contribution in [-0.4, -0.2) is 34.6 Å². The second kappa shape index (κ2) is 8.72. The highest BCUT2D eigenvalue weighted by atomic mass is 16.6. The SMILES string of the molecule is CC(=O)NCC1c2ccccc2C(C2=C(O)C(Cc3ccccc3)OC2=O)c2[nH]c3ccccc3c21. The van der Waals surface area contributed by atoms with E-state index in [-0.39, 0.29) is 23.2 Å². The van der Waals surface area contributed by atoms with E-state index in [1.165, 1.54) is 6.92 Å². The number of aliphatic hydroxyl groups excluding tert-OH is 1. The van der Waals surface area contributed by atoms with Gasteiger partial charge < -0.3 is 20.1 Å². The van der Waals surface area contributed by atoms with Crippen molar-refractivity contribution < 1.29 is 19.4 Å². The summed E-state index contributed by atoms with van der Waals surface area (Å²) in [6.45, 7) is 1.94. The molecule has 4 aromatic rings. The summed E-state index contributed by atoms with van der Waals surface area (Å²) in [5, 5.41) is 15.4. The minimum atomic E-state index is -0.730. The lowest BCUT2D eigenvalue weighted by Gasteiger charge is -2.32. The third-order valence-electron chi connectivity index (χ3n) is 7.25. The Balaban J connectivity index is 1.53. The second-order valence-electron chi connectivity index (χ2n) is 9.43. The monoisotopic (exact) mass is 478 g/mol. The molecule has 6 nitrogen and oxygen atoms in total. The van der Waals surface area contributed by atoms with Crippen LogP contribution < -0.4 is 5.32 Å². The van der Waals surface area contributed by atoms with Crippen LogP contribution >= 0.6 is 0 Å². The van der Waals surface area contributed by atoms with E-state index in [1.54, 1.807) is 0 Å². The number of esters is 1. The Morgan fingerprint density at radius 3 is 2.44 bits per heavy atom. The van der Waals surface area contributed by atoms with Crippen molar-refractivity contribution in [3.05, 3.63) is 118 Å². The molecule has 6 heteroatoms. The molecule has 0 radical (unpaired) electrons. The topological polar surface area (TPSA) is 91.4 Å². The zero-order valence-corrected chi connectivity index (χ0v) is 19.8. The van der Waals surface area contributed by atoms with Crippen LogP contribution in [-0.2, 0) is 20.7 Å². The molecule has 1 amide bonds. The number of para-hydroxylation sites is 1. The van der Waals surface area contributed by atoms with E-state index in [0.29, 0.717) is 13.0 Å². The quantitative estimate of drug-likeness (QED) is 0.357. The number of ether oxygens (including phenoxy) is 1. The first-order valence-electron chi connectivity index (χ1n) is 12.1. The summed E-state index contributed by atoms with van der Waals surface area (Å²) in [6.07, 6.45) is -0.326. The normalized spacial score (nSPS) is 20.7. The standard InChI is InChI=1S/C30H26N2O4/c1-17(33)31-16-22-19-11-5-6-12-20(19)26(28-25(22)21-13-7-8-14-23(21)32-28)27-29(34)24(36-30(27)35)15-18-9-3-2-4-10-18/h2-14,22,24,26,32,34H,15-16H2,1H3,(H,31,33). The van der Waals surface area contributed by atoms with E-state index < -0.39 is 18.0 Å². The average molecular weight is 479 g/mol. The van der Waals surface area contributed by atoms with Crippen molar-refractivity contribution in [3.8, 4) is 0 Å². The maximum Gasteiger partial charge on any atom is 0.339 e. The Bertz CT molecular complexity index is 1520. The molecular formula is C30H26N2O4. The maximum atomic E-state index is 13.3. The number of carbonyl (C=O) groups excluding carboxylic acids is 2. The zero-order valence-electron chi connectivity index (χ0n) is 19.8. The Kier molecular flexibility index (Phi) is 5.37. The number of amides is 1. The number of carbonyl (C=O) groups is 2. The summed E-state index contributed by atoms with van der Waals surface area (Å²) in [5.74, 6) is -1.23. The number of aliphatic hydroxyl groups is 1. The number of benzene rings is 3. The van der Waals surface area contributed by atoms with Gasteiger partial charge in [-0.3, -0.25) is 4.79 Å². The van der Waals surface area contributed by atoms with Crippen LogP contribution in [0.4, 0.5) is 0 Å². The Morgan fingerprint density at radius 1 is 0.972 bits per heavy atom. The van der Waals surface area contributed by atoms with Crippen LogP contribution in [0.5, 0.6) is 0 Å². The number of aromatic amines is 1. The van der Waals surface area contributed by atoms with E-state index in [0.717, 1.165) is 38.9 Å². The lowest BCUT2D eigenvalue weighted by molar-refractivity contribution is -0.140. The number of hydrogen-bond donors (Lipinski definition) is 3. The third kappa shape index (κ3) is 3.57. The van der Waals surface area contributed by atoms with Gasteiger partial charge in [-0.15, -0.1) is 0 Å². The van der Waals surface area contributed by atoms with Crippen LogP contribution in [0.1, 0.15) is 46.7 Å². The van der Waals surface area contributed by atoms with Gasteiger partial charge in [0.15, 0.2) is 6.10 Å². The molecule has 3 aromatic carbocycles. The number of H-pyrrole nitrogens is 1. The Hall–Kier alpha value is -4.32. The van der Waals surface area contributed by atoms with E-state index >= 15 is 0 Å².